The van der Waals surface area contributed by atoms with Gasteiger partial charge in [0, 0.05) is 62.8 Å². The van der Waals surface area contributed by atoms with Crippen molar-refractivity contribution in [2.24, 2.45) is 11.8 Å². The van der Waals surface area contributed by atoms with Gasteiger partial charge >= 0.3 is 30.8 Å². The molecule has 0 aromatic carbocycles. The summed E-state index contributed by atoms with van der Waals surface area (Å²) in [4.78, 5) is 58.6. The van der Waals surface area contributed by atoms with E-state index in [1.807, 2.05) is 24.3 Å². The zero-order chi connectivity index (χ0) is 33.3. The first-order chi connectivity index (χ1) is 22.2. The van der Waals surface area contributed by atoms with Crippen molar-refractivity contribution in [2.75, 3.05) is 42.6 Å². The van der Waals surface area contributed by atoms with Crippen LogP contribution in [0.2, 0.25) is 0 Å². The standard InChI is InChI=1S/C19H24N2O3.C17H20N2O3.Li.3H2O/c1-3-6-18(22)11-15-7-5-10-21(14-15)17-8-9-20-16(12-17)13-19(23)24-4-2;1-2-4-16(20)9-13-5-3-8-19(12-13)15-6-7-18-14(10-15)11-17(21)22;;;;/h8-9,12,15H,4-5,7,10-11,13-14H2,1-2H3;6-7,10,13H,3,5,8-9,11-12H2,1H3,(H,21,22);;3*1H2/q;;+1;;;/p-1/t15-;13-;;;;/m00..../s1. The molecule has 6 N–H and O–H groups in total. The first-order valence-corrected chi connectivity index (χ1v) is 15.9. The number of aliphatic carboxylic acids is 1. The molecule has 2 atom stereocenters. The van der Waals surface area contributed by atoms with Crippen LogP contribution in [0.3, 0.4) is 0 Å². The predicted octanol–water partition coefficient (Wildman–Crippen LogP) is -0.528. The summed E-state index contributed by atoms with van der Waals surface area (Å²) in [5.41, 5.74) is 3.29. The molecule has 0 spiro atoms. The zero-order valence-electron chi connectivity index (χ0n) is 29.5. The topological polar surface area (TPSA) is 223 Å². The van der Waals surface area contributed by atoms with Gasteiger partial charge in [0.25, 0.3) is 0 Å². The average Bonchev–Trinajstić information content (AvgIpc) is 3.02. The Morgan fingerprint density at radius 2 is 1.26 bits per heavy atom. The largest absolute Gasteiger partial charge is 1.00 e. The van der Waals surface area contributed by atoms with Crippen LogP contribution in [0.1, 0.15) is 70.7 Å². The quantitative estimate of drug-likeness (QED) is 0.137. The number of anilines is 2. The van der Waals surface area contributed by atoms with Crippen molar-refractivity contribution >= 4 is 34.9 Å². The minimum Gasteiger partial charge on any atom is -0.870 e. The first-order valence-electron chi connectivity index (χ1n) is 15.9. The number of rotatable bonds is 11. The molecule has 0 unspecified atom stereocenters. The maximum Gasteiger partial charge on any atom is 1.00 e. The molecule has 2 aliphatic rings. The molecule has 2 aliphatic heterocycles. The van der Waals surface area contributed by atoms with Gasteiger partial charge in [-0.3, -0.25) is 29.1 Å². The van der Waals surface area contributed by atoms with E-state index in [1.54, 1.807) is 33.2 Å². The fourth-order valence-corrected chi connectivity index (χ4v) is 5.87. The number of pyridine rings is 2. The summed E-state index contributed by atoms with van der Waals surface area (Å²) in [5.74, 6) is 10.0. The van der Waals surface area contributed by atoms with Gasteiger partial charge in [0.15, 0.2) is 0 Å². The van der Waals surface area contributed by atoms with Crippen molar-refractivity contribution in [3.8, 4) is 23.7 Å². The first kappa shape index (κ1) is 47.9. The molecular weight excluding hydrogens is 639 g/mol. The van der Waals surface area contributed by atoms with Crippen LogP contribution in [-0.2, 0) is 36.8 Å². The second-order valence-corrected chi connectivity index (χ2v) is 11.5. The van der Waals surface area contributed by atoms with Crippen LogP contribution in [-0.4, -0.2) is 87.8 Å². The molecule has 268 valence electrons. The minimum atomic E-state index is -0.884. The Kier molecular flexibility index (Phi) is 24.6. The Balaban J connectivity index is 0. The van der Waals surface area contributed by atoms with Gasteiger partial charge in [0.1, 0.15) is 0 Å². The number of carboxylic acids is 1. The maximum atomic E-state index is 11.7. The molecule has 2 aromatic heterocycles. The van der Waals surface area contributed by atoms with Gasteiger partial charge in [-0.2, -0.15) is 0 Å². The molecule has 0 radical (unpaired) electrons. The van der Waals surface area contributed by atoms with Crippen LogP contribution in [0.25, 0.3) is 0 Å². The predicted molar refractivity (Wildman–Crippen MR) is 185 cm³/mol. The van der Waals surface area contributed by atoms with E-state index >= 15 is 0 Å². The van der Waals surface area contributed by atoms with Gasteiger partial charge in [-0.15, -0.1) is 0 Å². The molecular formula is C36H49LiN4O9. The molecule has 2 aromatic rings. The third-order valence-electron chi connectivity index (χ3n) is 7.81. The number of esters is 1. The normalized spacial score (nSPS) is 15.8. The molecule has 0 bridgehead atoms. The average molecular weight is 689 g/mol. The smallest absolute Gasteiger partial charge is 0.870 e. The van der Waals surface area contributed by atoms with E-state index < -0.39 is 5.97 Å². The second kappa shape index (κ2) is 25.7. The summed E-state index contributed by atoms with van der Waals surface area (Å²) >= 11 is 0. The second-order valence-electron chi connectivity index (χ2n) is 11.5. The van der Waals surface area contributed by atoms with E-state index in [0.717, 1.165) is 63.2 Å². The molecule has 13 nitrogen and oxygen atoms in total. The van der Waals surface area contributed by atoms with E-state index in [1.165, 1.54) is 0 Å². The molecule has 0 amide bonds. The monoisotopic (exact) mass is 688 g/mol. The van der Waals surface area contributed by atoms with Gasteiger partial charge in [-0.25, -0.2) is 0 Å². The number of piperidine rings is 2. The van der Waals surface area contributed by atoms with Crippen molar-refractivity contribution in [3.63, 3.8) is 0 Å². The summed E-state index contributed by atoms with van der Waals surface area (Å²) < 4.78 is 4.97. The summed E-state index contributed by atoms with van der Waals surface area (Å²) in [7, 11) is 0. The van der Waals surface area contributed by atoms with E-state index in [4.69, 9.17) is 9.84 Å². The third kappa shape index (κ3) is 16.9. The van der Waals surface area contributed by atoms with Crippen molar-refractivity contribution in [1.29, 1.82) is 0 Å². The Labute approximate surface area is 306 Å². The zero-order valence-corrected chi connectivity index (χ0v) is 29.5. The number of carbonyl (C=O) groups is 4. The van der Waals surface area contributed by atoms with E-state index in [9.17, 15) is 19.2 Å². The van der Waals surface area contributed by atoms with Gasteiger partial charge in [0.2, 0.25) is 11.6 Å². The minimum absolute atomic E-state index is 0. The van der Waals surface area contributed by atoms with Crippen LogP contribution in [0.4, 0.5) is 11.4 Å². The van der Waals surface area contributed by atoms with E-state index in [0.29, 0.717) is 42.7 Å². The molecule has 2 saturated heterocycles. The van der Waals surface area contributed by atoms with Crippen LogP contribution < -0.4 is 28.7 Å². The Bertz CT molecular complexity index is 1500. The van der Waals surface area contributed by atoms with Crippen LogP contribution in [0, 0.1) is 35.5 Å². The number of aromatic nitrogens is 2. The van der Waals surface area contributed by atoms with Gasteiger partial charge in [-0.05, 0) is 94.4 Å². The summed E-state index contributed by atoms with van der Waals surface area (Å²) in [6, 6.07) is 7.60. The van der Waals surface area contributed by atoms with Crippen molar-refractivity contribution in [3.05, 3.63) is 48.0 Å². The summed E-state index contributed by atoms with van der Waals surface area (Å²) in [6.07, 6.45) is 8.63. The van der Waals surface area contributed by atoms with Crippen LogP contribution in [0.5, 0.6) is 0 Å². The molecule has 0 saturated carbocycles. The fourth-order valence-electron chi connectivity index (χ4n) is 5.87. The Hall–Kier alpha value is -4.22. The number of carbonyl (C=O) groups excluding carboxylic acids is 3. The van der Waals surface area contributed by atoms with Crippen LogP contribution in [0.15, 0.2) is 36.7 Å². The number of hydrogen-bond acceptors (Lipinski definition) is 10. The number of Topliss-reactive ketones (excluding diaryl/α,β-unsaturated/α-hetero) is 2. The Morgan fingerprint density at radius 1 is 0.820 bits per heavy atom. The van der Waals surface area contributed by atoms with Gasteiger partial charge < -0.3 is 36.1 Å². The molecule has 14 heteroatoms. The van der Waals surface area contributed by atoms with E-state index in [2.05, 4.69) is 43.4 Å². The summed E-state index contributed by atoms with van der Waals surface area (Å²) in [6.45, 7) is 9.03. The SMILES string of the molecule is CC#CC(=O)C[C@@H]1CCCN(c2ccnc(CC(=O)O)c2)C1.CC#CC(=O)C[C@@H]1CCCN(c2ccnc(CC(=O)OCC)c2)C1.O.O.[Li+].[OH-]. The van der Waals surface area contributed by atoms with Gasteiger partial charge in [0.05, 0.1) is 30.8 Å². The molecule has 0 aliphatic carbocycles. The maximum absolute atomic E-state index is 11.7. The van der Waals surface area contributed by atoms with Gasteiger partial charge in [-0.1, -0.05) is 11.8 Å². The van der Waals surface area contributed by atoms with Crippen molar-refractivity contribution in [2.45, 2.75) is 72.1 Å². The third-order valence-corrected chi connectivity index (χ3v) is 7.81. The molecule has 4 rings (SSSR count). The molecule has 2 fully saturated rings. The number of carboxylic acid groups (broad SMARTS) is 1. The summed E-state index contributed by atoms with van der Waals surface area (Å²) in [5, 5.41) is 8.86. The number of ether oxygens (including phenoxy) is 1. The van der Waals surface area contributed by atoms with Crippen molar-refractivity contribution < 1.29 is 64.3 Å². The number of hydrogen-bond donors (Lipinski definition) is 1. The molecule has 50 heavy (non-hydrogen) atoms. The number of nitrogens with zero attached hydrogens (tertiary/aromatic N) is 4. The number of ketones is 2. The molecule has 4 heterocycles. The fraction of sp³-hybridized carbons (Fsp3) is 0.500. The van der Waals surface area contributed by atoms with Crippen LogP contribution >= 0.6 is 0 Å². The van der Waals surface area contributed by atoms with E-state index in [-0.39, 0.29) is 65.7 Å². The van der Waals surface area contributed by atoms with Crippen molar-refractivity contribution in [1.82, 2.24) is 9.97 Å². The Morgan fingerprint density at radius 3 is 1.66 bits per heavy atom.